The number of hydrogen-bond acceptors (Lipinski definition) is 3. The minimum absolute atomic E-state index is 0.0303. The summed E-state index contributed by atoms with van der Waals surface area (Å²) in [6.07, 6.45) is 3.68. The molecule has 0 aliphatic rings. The summed E-state index contributed by atoms with van der Waals surface area (Å²) >= 11 is 3.44. The van der Waals surface area contributed by atoms with Crippen molar-refractivity contribution in [2.75, 3.05) is 11.1 Å². The van der Waals surface area contributed by atoms with Crippen molar-refractivity contribution < 1.29 is 4.79 Å². The highest BCUT2D eigenvalue weighted by atomic mass is 79.9. The molecule has 2 rings (SSSR count). The maximum atomic E-state index is 11.8. The van der Waals surface area contributed by atoms with Gasteiger partial charge in [-0.25, -0.2) is 4.98 Å². The van der Waals surface area contributed by atoms with Gasteiger partial charge in [-0.05, 0) is 42.7 Å². The molecule has 0 fully saturated rings. The number of carbonyl (C=O) groups is 1. The van der Waals surface area contributed by atoms with E-state index in [2.05, 4.69) is 38.4 Å². The van der Waals surface area contributed by atoms with Crippen LogP contribution in [0, 0.1) is 0 Å². The number of aryl methyl sites for hydroxylation is 1. The lowest BCUT2D eigenvalue weighted by atomic mass is 10.1. The van der Waals surface area contributed by atoms with Crippen molar-refractivity contribution in [3.63, 3.8) is 0 Å². The first-order valence-corrected chi connectivity index (χ1v) is 7.18. The number of pyridine rings is 1. The van der Waals surface area contributed by atoms with Crippen LogP contribution in [0.1, 0.15) is 18.4 Å². The Morgan fingerprint density at radius 1 is 1.30 bits per heavy atom. The predicted octanol–water partition coefficient (Wildman–Crippen LogP) is 3.39. The summed E-state index contributed by atoms with van der Waals surface area (Å²) in [5, 5.41) is 2.75. The first-order valence-electron chi connectivity index (χ1n) is 6.39. The number of nitrogens with zero attached hydrogens (tertiary/aromatic N) is 1. The van der Waals surface area contributed by atoms with Gasteiger partial charge in [0.15, 0.2) is 0 Å². The van der Waals surface area contributed by atoms with Crippen molar-refractivity contribution in [1.82, 2.24) is 4.98 Å². The molecular weight excluding hydrogens is 318 g/mol. The fourth-order valence-corrected chi connectivity index (χ4v) is 2.28. The first-order chi connectivity index (χ1) is 9.63. The molecule has 0 saturated heterocycles. The summed E-state index contributed by atoms with van der Waals surface area (Å²) in [5.74, 6) is 0.504. The van der Waals surface area contributed by atoms with E-state index in [0.717, 1.165) is 17.3 Å². The zero-order valence-electron chi connectivity index (χ0n) is 11.0. The van der Waals surface area contributed by atoms with Crippen LogP contribution in [0.3, 0.4) is 0 Å². The van der Waals surface area contributed by atoms with Crippen molar-refractivity contribution >= 4 is 33.3 Å². The van der Waals surface area contributed by atoms with E-state index in [-0.39, 0.29) is 5.91 Å². The molecule has 0 bridgehead atoms. The second-order valence-corrected chi connectivity index (χ2v) is 5.42. The lowest BCUT2D eigenvalue weighted by Gasteiger charge is -2.05. The number of aromatic nitrogens is 1. The molecule has 20 heavy (non-hydrogen) atoms. The van der Waals surface area contributed by atoms with Gasteiger partial charge in [-0.3, -0.25) is 4.79 Å². The van der Waals surface area contributed by atoms with Gasteiger partial charge < -0.3 is 11.1 Å². The average Bonchev–Trinajstić information content (AvgIpc) is 2.41. The first kappa shape index (κ1) is 14.5. The Kier molecular flexibility index (Phi) is 5.12. The Hall–Kier alpha value is -1.88. The third kappa shape index (κ3) is 4.66. The van der Waals surface area contributed by atoms with E-state index < -0.39 is 0 Å². The molecule has 3 N–H and O–H groups in total. The van der Waals surface area contributed by atoms with Crippen LogP contribution in [0.5, 0.6) is 0 Å². The van der Waals surface area contributed by atoms with Gasteiger partial charge in [-0.15, -0.1) is 0 Å². The van der Waals surface area contributed by atoms with Crippen molar-refractivity contribution in [3.8, 4) is 0 Å². The molecule has 0 radical (unpaired) electrons. The van der Waals surface area contributed by atoms with Gasteiger partial charge >= 0.3 is 0 Å². The molecule has 1 aromatic heterocycles. The summed E-state index contributed by atoms with van der Waals surface area (Å²) in [4.78, 5) is 15.8. The predicted molar refractivity (Wildman–Crippen MR) is 84.4 cm³/mol. The summed E-state index contributed by atoms with van der Waals surface area (Å²) < 4.78 is 1.06. The smallest absolute Gasteiger partial charge is 0.225 e. The third-order valence-corrected chi connectivity index (χ3v) is 3.31. The van der Waals surface area contributed by atoms with E-state index in [1.807, 2.05) is 12.1 Å². The van der Waals surface area contributed by atoms with Crippen LogP contribution < -0.4 is 11.1 Å². The zero-order valence-corrected chi connectivity index (χ0v) is 12.6. The van der Waals surface area contributed by atoms with Crippen LogP contribution in [0.2, 0.25) is 0 Å². The van der Waals surface area contributed by atoms with Crippen LogP contribution in [0.15, 0.2) is 47.1 Å². The molecule has 104 valence electrons. The number of nitrogen functional groups attached to an aromatic ring is 1. The van der Waals surface area contributed by atoms with E-state index in [0.29, 0.717) is 17.9 Å². The zero-order chi connectivity index (χ0) is 14.4. The Labute approximate surface area is 126 Å². The fourth-order valence-electron chi connectivity index (χ4n) is 1.83. The average molecular weight is 334 g/mol. The summed E-state index contributed by atoms with van der Waals surface area (Å²) in [6, 6.07) is 11.5. The molecule has 0 unspecified atom stereocenters. The molecule has 0 saturated carbocycles. The number of nitrogens with two attached hydrogens (primary N) is 1. The van der Waals surface area contributed by atoms with Crippen molar-refractivity contribution in [3.05, 3.63) is 52.6 Å². The summed E-state index contributed by atoms with van der Waals surface area (Å²) in [6.45, 7) is 0. The van der Waals surface area contributed by atoms with Gasteiger partial charge in [0, 0.05) is 10.9 Å². The number of carbonyl (C=O) groups excluding carboxylic acids is 1. The highest BCUT2D eigenvalue weighted by molar-refractivity contribution is 9.10. The SMILES string of the molecule is Nc1ccc(NC(=O)CCCc2cccc(Br)c2)nc1. The molecule has 0 spiro atoms. The number of hydrogen-bond donors (Lipinski definition) is 2. The Morgan fingerprint density at radius 2 is 2.15 bits per heavy atom. The molecular formula is C15H16BrN3O. The molecule has 1 aromatic carbocycles. The van der Waals surface area contributed by atoms with Gasteiger partial charge in [0.25, 0.3) is 0 Å². The van der Waals surface area contributed by atoms with Crippen molar-refractivity contribution in [2.45, 2.75) is 19.3 Å². The third-order valence-electron chi connectivity index (χ3n) is 2.81. The second kappa shape index (κ2) is 7.05. The monoisotopic (exact) mass is 333 g/mol. The minimum atomic E-state index is -0.0303. The quantitative estimate of drug-likeness (QED) is 0.881. The maximum Gasteiger partial charge on any atom is 0.225 e. The van der Waals surface area contributed by atoms with E-state index in [1.54, 1.807) is 12.1 Å². The molecule has 0 atom stereocenters. The Balaban J connectivity index is 1.76. The number of halogens is 1. The molecule has 2 aromatic rings. The standard InChI is InChI=1S/C15H16BrN3O/c16-12-5-1-3-11(9-12)4-2-6-15(20)19-14-8-7-13(17)10-18-14/h1,3,5,7-10H,2,4,6,17H2,(H,18,19,20). The van der Waals surface area contributed by atoms with Gasteiger partial charge in [0.2, 0.25) is 5.91 Å². The van der Waals surface area contributed by atoms with Crippen LogP contribution in [-0.2, 0) is 11.2 Å². The minimum Gasteiger partial charge on any atom is -0.397 e. The number of nitrogens with one attached hydrogen (secondary N) is 1. The number of amides is 1. The van der Waals surface area contributed by atoms with Crippen LogP contribution in [0.4, 0.5) is 11.5 Å². The van der Waals surface area contributed by atoms with E-state index in [1.165, 1.54) is 11.8 Å². The number of rotatable bonds is 5. The summed E-state index contributed by atoms with van der Waals surface area (Å²) in [7, 11) is 0. The molecule has 4 nitrogen and oxygen atoms in total. The fraction of sp³-hybridized carbons (Fsp3) is 0.200. The van der Waals surface area contributed by atoms with E-state index in [9.17, 15) is 4.79 Å². The lowest BCUT2D eigenvalue weighted by molar-refractivity contribution is -0.116. The van der Waals surface area contributed by atoms with Gasteiger partial charge in [-0.1, -0.05) is 28.1 Å². The molecule has 0 aliphatic carbocycles. The highest BCUT2D eigenvalue weighted by Gasteiger charge is 2.03. The molecule has 0 aliphatic heterocycles. The molecule has 1 heterocycles. The van der Waals surface area contributed by atoms with Crippen LogP contribution in [0.25, 0.3) is 0 Å². The van der Waals surface area contributed by atoms with E-state index >= 15 is 0 Å². The number of benzene rings is 1. The maximum absolute atomic E-state index is 11.8. The van der Waals surface area contributed by atoms with E-state index in [4.69, 9.17) is 5.73 Å². The van der Waals surface area contributed by atoms with Crippen LogP contribution in [-0.4, -0.2) is 10.9 Å². The Bertz CT molecular complexity index is 584. The Morgan fingerprint density at radius 3 is 2.85 bits per heavy atom. The van der Waals surface area contributed by atoms with Gasteiger partial charge in [0.05, 0.1) is 11.9 Å². The number of anilines is 2. The molecule has 5 heteroatoms. The largest absolute Gasteiger partial charge is 0.397 e. The van der Waals surface area contributed by atoms with Crippen molar-refractivity contribution in [2.24, 2.45) is 0 Å². The second-order valence-electron chi connectivity index (χ2n) is 4.51. The van der Waals surface area contributed by atoms with Crippen molar-refractivity contribution in [1.29, 1.82) is 0 Å². The topological polar surface area (TPSA) is 68.0 Å². The van der Waals surface area contributed by atoms with Crippen LogP contribution >= 0.6 is 15.9 Å². The highest BCUT2D eigenvalue weighted by Crippen LogP contribution is 2.14. The lowest BCUT2D eigenvalue weighted by Crippen LogP contribution is -2.12. The normalized spacial score (nSPS) is 10.2. The summed E-state index contributed by atoms with van der Waals surface area (Å²) in [5.41, 5.74) is 7.34. The molecule has 1 amide bonds. The van der Waals surface area contributed by atoms with Gasteiger partial charge in [0.1, 0.15) is 5.82 Å². The van der Waals surface area contributed by atoms with Gasteiger partial charge in [-0.2, -0.15) is 0 Å².